The number of aromatic nitrogens is 1. The molecule has 0 fully saturated rings. The Bertz CT molecular complexity index is 576. The molecule has 2 N–H and O–H groups in total. The smallest absolute Gasteiger partial charge is 0.0309 e. The van der Waals surface area contributed by atoms with Crippen LogP contribution in [0.15, 0.2) is 47.6 Å². The molecule has 1 aromatic heterocycles. The average Bonchev–Trinajstić information content (AvgIpc) is 3.08. The second kappa shape index (κ2) is 6.06. The summed E-state index contributed by atoms with van der Waals surface area (Å²) in [4.78, 5) is 1.45. The number of thioether (sulfide) groups is 1. The van der Waals surface area contributed by atoms with Gasteiger partial charge in [0.15, 0.2) is 0 Å². The lowest BCUT2D eigenvalue weighted by Gasteiger charge is -2.12. The van der Waals surface area contributed by atoms with E-state index in [1.165, 1.54) is 21.8 Å². The average molecular weight is 286 g/mol. The number of fused-ring (bicyclic) bond motifs is 1. The predicted octanol–water partition coefficient (Wildman–Crippen LogP) is 4.18. The Morgan fingerprint density at radius 3 is 3.05 bits per heavy atom. The van der Waals surface area contributed by atoms with Gasteiger partial charge >= 0.3 is 0 Å². The van der Waals surface area contributed by atoms with Crippen molar-refractivity contribution in [3.05, 3.63) is 53.9 Å². The van der Waals surface area contributed by atoms with Gasteiger partial charge in [0, 0.05) is 41.5 Å². The third kappa shape index (κ3) is 2.79. The van der Waals surface area contributed by atoms with E-state index in [9.17, 15) is 0 Å². The summed E-state index contributed by atoms with van der Waals surface area (Å²) in [5.41, 5.74) is 8.96. The Morgan fingerprint density at radius 1 is 1.35 bits per heavy atom. The number of hydrogen-bond donors (Lipinski definition) is 1. The third-order valence-electron chi connectivity index (χ3n) is 4.03. The van der Waals surface area contributed by atoms with Crippen LogP contribution in [0.25, 0.3) is 0 Å². The lowest BCUT2D eigenvalue weighted by atomic mass is 10.0. The predicted molar refractivity (Wildman–Crippen MR) is 86.2 cm³/mol. The van der Waals surface area contributed by atoms with Gasteiger partial charge in [0.1, 0.15) is 0 Å². The van der Waals surface area contributed by atoms with Crippen molar-refractivity contribution in [1.29, 1.82) is 0 Å². The van der Waals surface area contributed by atoms with Crippen molar-refractivity contribution in [2.75, 3.05) is 5.75 Å². The maximum atomic E-state index is 6.19. The van der Waals surface area contributed by atoms with Crippen LogP contribution in [0.1, 0.15) is 42.9 Å². The zero-order valence-electron chi connectivity index (χ0n) is 12.0. The minimum Gasteiger partial charge on any atom is -0.353 e. The number of benzene rings is 1. The third-order valence-corrected chi connectivity index (χ3v) is 5.28. The monoisotopic (exact) mass is 286 g/mol. The fraction of sp³-hybridized carbons (Fsp3) is 0.412. The molecule has 2 nitrogen and oxygen atoms in total. The van der Waals surface area contributed by atoms with Crippen LogP contribution >= 0.6 is 11.8 Å². The highest BCUT2D eigenvalue weighted by Crippen LogP contribution is 2.40. The van der Waals surface area contributed by atoms with Crippen molar-refractivity contribution in [1.82, 2.24) is 4.57 Å². The molecule has 1 aromatic carbocycles. The second-order valence-corrected chi connectivity index (χ2v) is 6.64. The molecule has 0 amide bonds. The molecule has 0 radical (unpaired) electrons. The molecular weight excluding hydrogens is 264 g/mol. The minimum atomic E-state index is 0.187. The van der Waals surface area contributed by atoms with Crippen LogP contribution in [0.4, 0.5) is 0 Å². The molecule has 106 valence electrons. The van der Waals surface area contributed by atoms with Crippen LogP contribution < -0.4 is 5.73 Å². The molecule has 3 heteroatoms. The van der Waals surface area contributed by atoms with E-state index in [4.69, 9.17) is 5.73 Å². The van der Waals surface area contributed by atoms with Gasteiger partial charge in [-0.05, 0) is 29.7 Å². The molecule has 0 aliphatic carbocycles. The molecule has 0 spiro atoms. The summed E-state index contributed by atoms with van der Waals surface area (Å²) < 4.78 is 2.30. The van der Waals surface area contributed by atoms with E-state index < -0.39 is 0 Å². The van der Waals surface area contributed by atoms with Gasteiger partial charge in [-0.2, -0.15) is 0 Å². The van der Waals surface area contributed by atoms with Gasteiger partial charge < -0.3 is 10.3 Å². The normalized spacial score (nSPS) is 19.0. The Balaban J connectivity index is 1.70. The molecule has 3 rings (SSSR count). The Kier molecular flexibility index (Phi) is 4.18. The van der Waals surface area contributed by atoms with Crippen molar-refractivity contribution in [2.24, 2.45) is 5.73 Å². The number of rotatable bonds is 5. The second-order valence-electron chi connectivity index (χ2n) is 5.58. The van der Waals surface area contributed by atoms with E-state index in [-0.39, 0.29) is 6.04 Å². The highest BCUT2D eigenvalue weighted by Gasteiger charge is 2.22. The van der Waals surface area contributed by atoms with Crippen LogP contribution in [-0.4, -0.2) is 10.3 Å². The summed E-state index contributed by atoms with van der Waals surface area (Å²) in [6.45, 7) is 3.24. The Hall–Kier alpha value is -1.19. The largest absolute Gasteiger partial charge is 0.353 e. The molecule has 0 saturated carbocycles. The number of hydrogen-bond acceptors (Lipinski definition) is 2. The summed E-state index contributed by atoms with van der Waals surface area (Å²) >= 11 is 1.98. The SMILES string of the molecule is CCCC(N)c1ccn(CC2CSc3ccccc32)c1. The van der Waals surface area contributed by atoms with Gasteiger partial charge in [-0.15, -0.1) is 11.8 Å². The first-order chi connectivity index (χ1) is 9.78. The summed E-state index contributed by atoms with van der Waals surface area (Å²) in [6, 6.07) is 11.1. The molecule has 2 unspecified atom stereocenters. The lowest BCUT2D eigenvalue weighted by Crippen LogP contribution is -2.10. The molecule has 1 aliphatic heterocycles. The van der Waals surface area contributed by atoms with E-state index in [2.05, 4.69) is 54.2 Å². The van der Waals surface area contributed by atoms with E-state index in [0.717, 1.165) is 19.4 Å². The standard InChI is InChI=1S/C17H22N2S/c1-2-5-16(18)13-8-9-19(10-13)11-14-12-20-17-7-4-3-6-15(14)17/h3-4,6-10,14,16H,2,5,11-12,18H2,1H3. The molecule has 20 heavy (non-hydrogen) atoms. The van der Waals surface area contributed by atoms with E-state index in [1.807, 2.05) is 11.8 Å². The Labute approximate surface area is 125 Å². The zero-order valence-corrected chi connectivity index (χ0v) is 12.8. The Morgan fingerprint density at radius 2 is 2.20 bits per heavy atom. The van der Waals surface area contributed by atoms with Gasteiger partial charge in [-0.1, -0.05) is 31.5 Å². The maximum Gasteiger partial charge on any atom is 0.0309 e. The first-order valence-electron chi connectivity index (χ1n) is 7.41. The van der Waals surface area contributed by atoms with Crippen molar-refractivity contribution in [3.8, 4) is 0 Å². The maximum absolute atomic E-state index is 6.19. The van der Waals surface area contributed by atoms with Crippen molar-refractivity contribution < 1.29 is 0 Å². The lowest BCUT2D eigenvalue weighted by molar-refractivity contribution is 0.598. The molecule has 2 heterocycles. The van der Waals surface area contributed by atoms with Crippen LogP contribution in [0.5, 0.6) is 0 Å². The van der Waals surface area contributed by atoms with Crippen LogP contribution in [0.2, 0.25) is 0 Å². The molecule has 0 bridgehead atoms. The number of nitrogens with two attached hydrogens (primary N) is 1. The fourth-order valence-electron chi connectivity index (χ4n) is 2.90. The van der Waals surface area contributed by atoms with Gasteiger partial charge in [-0.3, -0.25) is 0 Å². The van der Waals surface area contributed by atoms with E-state index in [0.29, 0.717) is 5.92 Å². The molecule has 2 atom stereocenters. The van der Waals surface area contributed by atoms with Crippen LogP contribution in [0.3, 0.4) is 0 Å². The first kappa shape index (κ1) is 13.8. The molecule has 0 saturated heterocycles. The minimum absolute atomic E-state index is 0.187. The summed E-state index contributed by atoms with van der Waals surface area (Å²) in [6.07, 6.45) is 6.60. The van der Waals surface area contributed by atoms with Crippen molar-refractivity contribution in [2.45, 2.75) is 43.2 Å². The zero-order chi connectivity index (χ0) is 13.9. The summed E-state index contributed by atoms with van der Waals surface area (Å²) in [5, 5.41) is 0. The van der Waals surface area contributed by atoms with Gasteiger partial charge in [-0.25, -0.2) is 0 Å². The molecule has 1 aliphatic rings. The molecular formula is C17H22N2S. The fourth-order valence-corrected chi connectivity index (χ4v) is 4.15. The summed E-state index contributed by atoms with van der Waals surface area (Å²) in [5.74, 6) is 1.81. The first-order valence-corrected chi connectivity index (χ1v) is 8.39. The highest BCUT2D eigenvalue weighted by molar-refractivity contribution is 7.99. The quantitative estimate of drug-likeness (QED) is 0.894. The number of nitrogens with zero attached hydrogens (tertiary/aromatic N) is 1. The van der Waals surface area contributed by atoms with E-state index in [1.54, 1.807) is 0 Å². The van der Waals surface area contributed by atoms with Crippen molar-refractivity contribution in [3.63, 3.8) is 0 Å². The van der Waals surface area contributed by atoms with Crippen LogP contribution in [0, 0.1) is 0 Å². The topological polar surface area (TPSA) is 30.9 Å². The van der Waals surface area contributed by atoms with Gasteiger partial charge in [0.2, 0.25) is 0 Å². The van der Waals surface area contributed by atoms with Gasteiger partial charge in [0.25, 0.3) is 0 Å². The molecule has 2 aromatic rings. The highest BCUT2D eigenvalue weighted by atomic mass is 32.2. The van der Waals surface area contributed by atoms with E-state index >= 15 is 0 Å². The van der Waals surface area contributed by atoms with Crippen molar-refractivity contribution >= 4 is 11.8 Å². The summed E-state index contributed by atoms with van der Waals surface area (Å²) in [7, 11) is 0. The van der Waals surface area contributed by atoms with Crippen LogP contribution in [-0.2, 0) is 6.54 Å². The van der Waals surface area contributed by atoms with Gasteiger partial charge in [0.05, 0.1) is 0 Å².